The molecule has 1 amide bonds. The third-order valence-electron chi connectivity index (χ3n) is 4.60. The number of aromatic nitrogens is 1. The number of hydrogen-bond donors (Lipinski definition) is 0. The van der Waals surface area contributed by atoms with Gasteiger partial charge in [-0.05, 0) is 86.0 Å². The fourth-order valence-corrected chi connectivity index (χ4v) is 5.35. The maximum atomic E-state index is 13.1. The smallest absolute Gasteiger partial charge is 0.270 e. The van der Waals surface area contributed by atoms with E-state index in [1.54, 1.807) is 37.6 Å². The predicted octanol–water partition coefficient (Wildman–Crippen LogP) is 7.25. The van der Waals surface area contributed by atoms with Crippen LogP contribution in [0, 0.1) is 0 Å². The van der Waals surface area contributed by atoms with E-state index in [2.05, 4.69) is 36.8 Å². The molecular formula is C23H15Br2ClN2O3S2. The third-order valence-corrected chi connectivity index (χ3v) is 7.72. The summed E-state index contributed by atoms with van der Waals surface area (Å²) in [6.45, 7) is 0.295. The van der Waals surface area contributed by atoms with Gasteiger partial charge in [0.25, 0.3) is 5.91 Å². The molecule has 0 spiro atoms. The molecule has 1 saturated heterocycles. The van der Waals surface area contributed by atoms with Gasteiger partial charge in [0, 0.05) is 10.7 Å². The van der Waals surface area contributed by atoms with E-state index in [0.29, 0.717) is 42.5 Å². The van der Waals surface area contributed by atoms with E-state index in [1.165, 1.54) is 16.7 Å². The Morgan fingerprint density at radius 1 is 1.18 bits per heavy atom. The lowest BCUT2D eigenvalue weighted by atomic mass is 10.1. The standard InChI is InChI=1S/C23H15Br2ClN2O3S2/c1-30-19-9-13(8-17(25)21(19)31-12-14-4-2-3-7-27-14)10-20-22(29)28(23(32)33-20)15-5-6-16(24)18(26)11-15/h2-11H,12H2,1H3. The first kappa shape index (κ1) is 24.2. The summed E-state index contributed by atoms with van der Waals surface area (Å²) in [5.74, 6) is 0.869. The van der Waals surface area contributed by atoms with Crippen molar-refractivity contribution < 1.29 is 14.3 Å². The first-order valence-corrected chi connectivity index (χ1v) is 12.7. The van der Waals surface area contributed by atoms with Crippen molar-refractivity contribution in [3.8, 4) is 11.5 Å². The number of carbonyl (C=O) groups excluding carboxylic acids is 1. The molecule has 0 unspecified atom stereocenters. The maximum absolute atomic E-state index is 13.1. The topological polar surface area (TPSA) is 51.7 Å². The fraction of sp³-hybridized carbons (Fsp3) is 0.0870. The molecule has 1 aliphatic heterocycles. The van der Waals surface area contributed by atoms with E-state index in [-0.39, 0.29) is 5.91 Å². The molecule has 0 bridgehead atoms. The summed E-state index contributed by atoms with van der Waals surface area (Å²) in [5, 5.41) is 0.500. The molecule has 4 rings (SSSR count). The van der Waals surface area contributed by atoms with Crippen LogP contribution in [0.4, 0.5) is 5.69 Å². The molecule has 0 radical (unpaired) electrons. The van der Waals surface area contributed by atoms with Crippen LogP contribution in [0.5, 0.6) is 11.5 Å². The Labute approximate surface area is 222 Å². The maximum Gasteiger partial charge on any atom is 0.270 e. The van der Waals surface area contributed by atoms with Gasteiger partial charge in [-0.15, -0.1) is 0 Å². The van der Waals surface area contributed by atoms with Crippen LogP contribution in [0.1, 0.15) is 11.3 Å². The van der Waals surface area contributed by atoms with Crippen LogP contribution in [0.3, 0.4) is 0 Å². The lowest BCUT2D eigenvalue weighted by Gasteiger charge is -2.15. The van der Waals surface area contributed by atoms with Crippen molar-refractivity contribution in [1.29, 1.82) is 0 Å². The summed E-state index contributed by atoms with van der Waals surface area (Å²) in [6.07, 6.45) is 3.49. The van der Waals surface area contributed by atoms with Crippen molar-refractivity contribution in [2.75, 3.05) is 12.0 Å². The number of ether oxygens (including phenoxy) is 2. The van der Waals surface area contributed by atoms with E-state index in [1.807, 2.05) is 30.3 Å². The molecule has 1 aromatic heterocycles. The highest BCUT2D eigenvalue weighted by Gasteiger charge is 2.33. The number of thiocarbonyl (C=S) groups is 1. The Balaban J connectivity index is 1.59. The lowest BCUT2D eigenvalue weighted by Crippen LogP contribution is -2.27. The molecule has 2 aromatic carbocycles. The number of methoxy groups -OCH3 is 1. The number of anilines is 1. The fourth-order valence-electron chi connectivity index (χ4n) is 3.06. The summed E-state index contributed by atoms with van der Waals surface area (Å²) in [7, 11) is 1.57. The number of halogens is 3. The van der Waals surface area contributed by atoms with Crippen LogP contribution < -0.4 is 14.4 Å². The van der Waals surface area contributed by atoms with E-state index in [0.717, 1.165) is 15.7 Å². The number of nitrogens with zero attached hydrogens (tertiary/aromatic N) is 2. The molecule has 1 fully saturated rings. The Morgan fingerprint density at radius 3 is 2.70 bits per heavy atom. The first-order chi connectivity index (χ1) is 15.9. The molecule has 0 atom stereocenters. The second-order valence-electron chi connectivity index (χ2n) is 6.76. The van der Waals surface area contributed by atoms with Crippen LogP contribution >= 0.6 is 67.4 Å². The highest BCUT2D eigenvalue weighted by molar-refractivity contribution is 9.10. The molecule has 0 saturated carbocycles. The van der Waals surface area contributed by atoms with Gasteiger partial charge in [-0.25, -0.2) is 0 Å². The predicted molar refractivity (Wildman–Crippen MR) is 144 cm³/mol. The average molecular weight is 627 g/mol. The Hall–Kier alpha value is -1.91. The normalized spacial score (nSPS) is 14.8. The summed E-state index contributed by atoms with van der Waals surface area (Å²) in [4.78, 5) is 19.3. The number of carbonyl (C=O) groups is 1. The largest absolute Gasteiger partial charge is 0.493 e. The van der Waals surface area contributed by atoms with Crippen molar-refractivity contribution >= 4 is 89.4 Å². The van der Waals surface area contributed by atoms with E-state index >= 15 is 0 Å². The highest BCUT2D eigenvalue weighted by atomic mass is 79.9. The van der Waals surface area contributed by atoms with Crippen molar-refractivity contribution in [1.82, 2.24) is 4.98 Å². The van der Waals surface area contributed by atoms with Gasteiger partial charge >= 0.3 is 0 Å². The van der Waals surface area contributed by atoms with Crippen LogP contribution in [-0.4, -0.2) is 22.3 Å². The van der Waals surface area contributed by atoms with Crippen molar-refractivity contribution in [3.05, 3.63) is 84.9 Å². The van der Waals surface area contributed by atoms with Crippen molar-refractivity contribution in [2.24, 2.45) is 0 Å². The second-order valence-corrected chi connectivity index (χ2v) is 10.6. The van der Waals surface area contributed by atoms with Crippen molar-refractivity contribution in [2.45, 2.75) is 6.61 Å². The van der Waals surface area contributed by atoms with Crippen molar-refractivity contribution in [3.63, 3.8) is 0 Å². The zero-order valence-electron chi connectivity index (χ0n) is 17.1. The zero-order chi connectivity index (χ0) is 23.5. The number of benzene rings is 2. The second kappa shape index (κ2) is 10.6. The monoisotopic (exact) mass is 624 g/mol. The number of amides is 1. The number of hydrogen-bond acceptors (Lipinski definition) is 6. The molecule has 3 aromatic rings. The Bertz CT molecular complexity index is 1270. The van der Waals surface area contributed by atoms with Crippen LogP contribution in [0.25, 0.3) is 6.08 Å². The molecule has 0 N–H and O–H groups in total. The number of thioether (sulfide) groups is 1. The summed E-state index contributed by atoms with van der Waals surface area (Å²) in [6, 6.07) is 14.6. The summed E-state index contributed by atoms with van der Waals surface area (Å²) >= 11 is 19.8. The number of rotatable bonds is 6. The molecule has 168 valence electrons. The molecule has 5 nitrogen and oxygen atoms in total. The average Bonchev–Trinajstić information content (AvgIpc) is 3.08. The Morgan fingerprint density at radius 2 is 2.00 bits per heavy atom. The van der Waals surface area contributed by atoms with E-state index in [4.69, 9.17) is 33.3 Å². The van der Waals surface area contributed by atoms with E-state index < -0.39 is 0 Å². The minimum Gasteiger partial charge on any atom is -0.493 e. The summed E-state index contributed by atoms with van der Waals surface area (Å²) in [5.41, 5.74) is 2.18. The molecule has 2 heterocycles. The minimum atomic E-state index is -0.214. The summed E-state index contributed by atoms with van der Waals surface area (Å²) < 4.78 is 13.3. The molecule has 10 heteroatoms. The number of pyridine rings is 1. The SMILES string of the molecule is COc1cc(C=C2SC(=S)N(c3ccc(Br)c(Cl)c3)C2=O)cc(Br)c1OCc1ccccn1. The van der Waals surface area contributed by atoms with Gasteiger partial charge in [-0.3, -0.25) is 14.7 Å². The van der Waals surface area contributed by atoms with Gasteiger partial charge < -0.3 is 9.47 Å². The first-order valence-electron chi connectivity index (χ1n) is 9.50. The molecular weight excluding hydrogens is 612 g/mol. The lowest BCUT2D eigenvalue weighted by molar-refractivity contribution is -0.113. The quantitative estimate of drug-likeness (QED) is 0.212. The van der Waals surface area contributed by atoms with Crippen LogP contribution in [0.2, 0.25) is 5.02 Å². The molecule has 0 aliphatic carbocycles. The van der Waals surface area contributed by atoms with Gasteiger partial charge in [-0.1, -0.05) is 41.6 Å². The minimum absolute atomic E-state index is 0.214. The molecule has 1 aliphatic rings. The van der Waals surface area contributed by atoms with Gasteiger partial charge in [0.15, 0.2) is 15.8 Å². The van der Waals surface area contributed by atoms with Crippen LogP contribution in [-0.2, 0) is 11.4 Å². The van der Waals surface area contributed by atoms with Gasteiger partial charge in [0.2, 0.25) is 0 Å². The third kappa shape index (κ3) is 5.44. The van der Waals surface area contributed by atoms with Gasteiger partial charge in [0.1, 0.15) is 6.61 Å². The van der Waals surface area contributed by atoms with Gasteiger partial charge in [-0.2, -0.15) is 0 Å². The van der Waals surface area contributed by atoms with Crippen LogP contribution in [0.15, 0.2) is 68.6 Å². The van der Waals surface area contributed by atoms with E-state index in [9.17, 15) is 4.79 Å². The van der Waals surface area contributed by atoms with Gasteiger partial charge in [0.05, 0.1) is 32.9 Å². The Kier molecular flexibility index (Phi) is 7.76. The zero-order valence-corrected chi connectivity index (χ0v) is 22.6. The molecule has 33 heavy (non-hydrogen) atoms. The highest BCUT2D eigenvalue weighted by Crippen LogP contribution is 2.41.